The second-order valence-corrected chi connectivity index (χ2v) is 14.8. The van der Waals surface area contributed by atoms with E-state index in [1.807, 2.05) is 0 Å². The van der Waals surface area contributed by atoms with Crippen molar-refractivity contribution in [2.24, 2.45) is 0 Å². The smallest absolute Gasteiger partial charge is 0.302 e. The first-order chi connectivity index (χ1) is 29.8. The average molecular weight is 1190 g/mol. The van der Waals surface area contributed by atoms with Crippen LogP contribution in [-0.4, -0.2) is 136 Å². The van der Waals surface area contributed by atoms with Gasteiger partial charge in [0.05, 0.1) is 0 Å². The van der Waals surface area contributed by atoms with Crippen LogP contribution >= 0.6 is 7.82 Å². The average Bonchev–Trinajstić information content (AvgIpc) is 3.11. The lowest BCUT2D eigenvalue weighted by Gasteiger charge is -2.45. The third-order valence-corrected chi connectivity index (χ3v) is 9.84. The maximum absolute atomic E-state index is 14.4. The molecule has 4 nitrogen and oxygen atoms in total. The van der Waals surface area contributed by atoms with E-state index >= 15 is 0 Å². The summed E-state index contributed by atoms with van der Waals surface area (Å²) in [7, 11) is -8.30. The van der Waals surface area contributed by atoms with Gasteiger partial charge in [-0.05, 0) is 13.8 Å². The van der Waals surface area contributed by atoms with Crippen LogP contribution in [0.4, 0.5) is 184 Å². The number of rotatable bonds is 22. The number of phosphoric acid groups is 1. The second kappa shape index (κ2) is 17.1. The first kappa shape index (κ1) is 68.2. The van der Waals surface area contributed by atoms with Gasteiger partial charge < -0.3 is 4.89 Å². The van der Waals surface area contributed by atoms with Crippen molar-refractivity contribution in [1.29, 1.82) is 0 Å². The van der Waals surface area contributed by atoms with Gasteiger partial charge in [0.2, 0.25) is 0 Å². The molecule has 0 heterocycles. The zero-order chi connectivity index (χ0) is 59.1. The second-order valence-electron chi connectivity index (χ2n) is 13.4. The fourth-order valence-corrected chi connectivity index (χ4v) is 5.32. The SMILES string of the molecule is CC(OP(=O)(O)OC(C)C(F)(F)C(F)(F)C(F)(F)C(F)(F)C(F)(F)C(F)(F)C(F)(F)C(F)(F)C(F)(F)C(F)(F)F)C(F)(F)C(F)(F)C(F)(F)C(F)(F)C(F)(F)C(F)(F)C(F)(F)C(F)(F)C(F)(F)C(F)(F)F. The van der Waals surface area contributed by atoms with Gasteiger partial charge >= 0.3 is 127 Å². The Morgan fingerprint density at radius 2 is 0.366 bits per heavy atom. The van der Waals surface area contributed by atoms with Crippen molar-refractivity contribution in [3.05, 3.63) is 0 Å². The van der Waals surface area contributed by atoms with Crippen molar-refractivity contribution in [1.82, 2.24) is 0 Å². The Labute approximate surface area is 357 Å². The quantitative estimate of drug-likeness (QED) is 0.0867. The molecule has 0 fully saturated rings. The van der Waals surface area contributed by atoms with Crippen LogP contribution in [0.15, 0.2) is 0 Å². The lowest BCUT2D eigenvalue weighted by atomic mass is 9.85. The molecule has 0 saturated carbocycles. The summed E-state index contributed by atoms with van der Waals surface area (Å²) in [6.45, 7) is -3.01. The summed E-state index contributed by atoms with van der Waals surface area (Å²) in [6.07, 6.45) is -27.9. The first-order valence-corrected chi connectivity index (χ1v) is 16.9. The lowest BCUT2D eigenvalue weighted by Crippen LogP contribution is -2.77. The van der Waals surface area contributed by atoms with Gasteiger partial charge in [0.1, 0.15) is 12.2 Å². The highest BCUT2D eigenvalue weighted by Crippen LogP contribution is 2.69. The van der Waals surface area contributed by atoms with E-state index in [0.29, 0.717) is 0 Å². The van der Waals surface area contributed by atoms with Crippen molar-refractivity contribution in [3.63, 3.8) is 0 Å². The van der Waals surface area contributed by atoms with E-state index < -0.39 is 153 Å². The maximum atomic E-state index is 14.4. The Bertz CT molecular complexity index is 1820. The topological polar surface area (TPSA) is 55.8 Å². The van der Waals surface area contributed by atoms with Gasteiger partial charge in [-0.25, -0.2) is 4.57 Å². The summed E-state index contributed by atoms with van der Waals surface area (Å²) in [6, 6.07) is 0. The number of alkyl halides is 42. The van der Waals surface area contributed by atoms with Crippen LogP contribution in [0, 0.1) is 0 Å². The van der Waals surface area contributed by atoms with Crippen molar-refractivity contribution in [3.8, 4) is 0 Å². The molecule has 1 N–H and O–H groups in total. The van der Waals surface area contributed by atoms with Crippen molar-refractivity contribution in [2.45, 2.75) is 145 Å². The molecule has 0 saturated heterocycles. The fraction of sp³-hybridized carbons (Fsp3) is 1.00. The number of phosphoric ester groups is 1. The zero-order valence-corrected chi connectivity index (χ0v) is 32.0. The van der Waals surface area contributed by atoms with E-state index in [-0.39, 0.29) is 0 Å². The van der Waals surface area contributed by atoms with E-state index in [9.17, 15) is 189 Å². The largest absolute Gasteiger partial charge is 0.473 e. The molecule has 0 aliphatic carbocycles. The lowest BCUT2D eigenvalue weighted by molar-refractivity contribution is -0.475. The minimum Gasteiger partial charge on any atom is -0.302 e. The van der Waals surface area contributed by atoms with Gasteiger partial charge in [-0.15, -0.1) is 0 Å². The van der Waals surface area contributed by atoms with Crippen LogP contribution in [0.5, 0.6) is 0 Å². The molecule has 0 rings (SSSR count). The van der Waals surface area contributed by atoms with Crippen LogP contribution in [0.2, 0.25) is 0 Å². The number of hydrogen-bond donors (Lipinski definition) is 1. The summed E-state index contributed by atoms with van der Waals surface area (Å²) in [5, 5.41) is 0. The highest BCUT2D eigenvalue weighted by molar-refractivity contribution is 7.47. The van der Waals surface area contributed by atoms with E-state index in [1.165, 1.54) is 0 Å². The molecule has 0 aromatic carbocycles. The van der Waals surface area contributed by atoms with Gasteiger partial charge in [0.25, 0.3) is 0 Å². The molecule has 0 aliphatic heterocycles. The minimum absolute atomic E-state index is 1.51. The predicted octanol–water partition coefficient (Wildman–Crippen LogP) is 14.5. The van der Waals surface area contributed by atoms with Gasteiger partial charge in [0.15, 0.2) is 0 Å². The molecule has 0 aliphatic rings. The highest BCUT2D eigenvalue weighted by atomic mass is 31.2. The molecule has 0 aromatic rings. The van der Waals surface area contributed by atoms with Crippen LogP contribution in [0.1, 0.15) is 13.8 Å². The third-order valence-electron chi connectivity index (χ3n) is 8.67. The molecule has 0 aromatic heterocycles. The van der Waals surface area contributed by atoms with Crippen LogP contribution in [0.3, 0.4) is 0 Å². The summed E-state index contributed by atoms with van der Waals surface area (Å²) in [4.78, 5) is 9.14. The van der Waals surface area contributed by atoms with Crippen LogP contribution < -0.4 is 0 Å². The Hall–Kier alpha value is -2.83. The van der Waals surface area contributed by atoms with Gasteiger partial charge in [-0.1, -0.05) is 0 Å². The molecule has 47 heteroatoms. The zero-order valence-electron chi connectivity index (χ0n) is 31.1. The molecular formula is C24H9F42O4P. The number of halogens is 42. The number of hydrogen-bond acceptors (Lipinski definition) is 3. The highest BCUT2D eigenvalue weighted by Gasteiger charge is 3.00. The molecule has 428 valence electrons. The van der Waals surface area contributed by atoms with E-state index in [4.69, 9.17) is 4.89 Å². The van der Waals surface area contributed by atoms with Gasteiger partial charge in [0, 0.05) is 0 Å². The summed E-state index contributed by atoms with van der Waals surface area (Å²) < 4.78 is 587. The maximum Gasteiger partial charge on any atom is 0.473 e. The van der Waals surface area contributed by atoms with Crippen LogP contribution in [-0.2, 0) is 13.6 Å². The Morgan fingerprint density at radius 3 is 0.493 bits per heavy atom. The molecule has 71 heavy (non-hydrogen) atoms. The Kier molecular flexibility index (Phi) is 16.4. The van der Waals surface area contributed by atoms with E-state index in [1.54, 1.807) is 0 Å². The first-order valence-electron chi connectivity index (χ1n) is 15.4. The monoisotopic (exact) mass is 1190 g/mol. The van der Waals surface area contributed by atoms with Crippen LogP contribution in [0.25, 0.3) is 0 Å². The Morgan fingerprint density at radius 1 is 0.254 bits per heavy atom. The van der Waals surface area contributed by atoms with Crippen molar-refractivity contribution in [2.75, 3.05) is 0 Å². The molecular weight excluding hydrogens is 1180 g/mol. The van der Waals surface area contributed by atoms with E-state index in [2.05, 4.69) is 9.05 Å². The van der Waals surface area contributed by atoms with Crippen molar-refractivity contribution < 1.29 is 203 Å². The van der Waals surface area contributed by atoms with E-state index in [0.717, 1.165) is 0 Å². The van der Waals surface area contributed by atoms with Crippen molar-refractivity contribution >= 4 is 7.82 Å². The molecule has 2 atom stereocenters. The molecule has 2 unspecified atom stereocenters. The molecule has 0 spiro atoms. The predicted molar refractivity (Wildman–Crippen MR) is 132 cm³/mol. The Balaban J connectivity index is 7.31. The third kappa shape index (κ3) is 8.69. The fourth-order valence-electron chi connectivity index (χ4n) is 4.21. The normalized spacial score (nSPS) is 18.7. The molecule has 0 bridgehead atoms. The minimum atomic E-state index is -9.84. The van der Waals surface area contributed by atoms with Gasteiger partial charge in [-0.3, -0.25) is 9.05 Å². The summed E-state index contributed by atoms with van der Waals surface area (Å²) >= 11 is 0. The summed E-state index contributed by atoms with van der Waals surface area (Å²) in [5.74, 6) is -168. The standard InChI is InChI=1S/C24H9F42O4P/c1-3(5(25,26)7(29,30)9(33,34)11(37,38)13(41,42)15(45,46)17(49,50)19(53,54)21(57,58)23(61,62)63)69-71(67,68)70-4(2)6(27,28)8(31,32)10(35,36)12(39,40)14(43,44)16(47,48)18(51,52)20(55,56)22(59,60)24(64,65)66/h3-4H,1-2H3,(H,67,68). The molecule has 0 amide bonds. The van der Waals surface area contributed by atoms with Gasteiger partial charge in [-0.2, -0.15) is 184 Å². The summed E-state index contributed by atoms with van der Waals surface area (Å²) in [5.41, 5.74) is 0. The molecule has 0 radical (unpaired) electrons.